The number of amides is 1. The number of hydrazone groups is 1. The number of H-pyrrole nitrogens is 1. The highest BCUT2D eigenvalue weighted by molar-refractivity contribution is 7.99. The number of para-hydroxylation sites is 2. The van der Waals surface area contributed by atoms with E-state index < -0.39 is 0 Å². The van der Waals surface area contributed by atoms with Gasteiger partial charge >= 0.3 is 0 Å². The van der Waals surface area contributed by atoms with Gasteiger partial charge in [0.05, 0.1) is 12.0 Å². The van der Waals surface area contributed by atoms with Gasteiger partial charge in [-0.1, -0.05) is 54.2 Å². The SMILES string of the molecule is O=C(CSc1nc2ccccc2o1)N/N=C/c1c[nH]c2ccc(OCc3ccccc3)cc12. The largest absolute Gasteiger partial charge is 0.489 e. The molecule has 0 atom stereocenters. The molecule has 0 aliphatic carbocycles. The summed E-state index contributed by atoms with van der Waals surface area (Å²) >= 11 is 1.22. The smallest absolute Gasteiger partial charge is 0.257 e. The molecule has 0 aliphatic rings. The number of ether oxygens (including phenoxy) is 1. The normalized spacial score (nSPS) is 11.4. The number of aromatic amines is 1. The van der Waals surface area contributed by atoms with Gasteiger partial charge in [0.15, 0.2) is 5.58 Å². The van der Waals surface area contributed by atoms with E-state index in [4.69, 9.17) is 9.15 Å². The number of nitrogens with one attached hydrogen (secondary N) is 2. The number of hydrogen-bond donors (Lipinski definition) is 2. The van der Waals surface area contributed by atoms with Crippen molar-refractivity contribution in [1.29, 1.82) is 0 Å². The minimum atomic E-state index is -0.245. The van der Waals surface area contributed by atoms with E-state index in [1.165, 1.54) is 11.8 Å². The van der Waals surface area contributed by atoms with Crippen molar-refractivity contribution >= 4 is 45.9 Å². The number of nitrogens with zero attached hydrogens (tertiary/aromatic N) is 2. The molecule has 2 aromatic heterocycles. The zero-order valence-corrected chi connectivity index (χ0v) is 18.3. The molecule has 3 aromatic carbocycles. The Morgan fingerprint density at radius 2 is 1.97 bits per heavy atom. The van der Waals surface area contributed by atoms with Crippen LogP contribution in [0, 0.1) is 0 Å². The average molecular weight is 457 g/mol. The first-order valence-electron chi connectivity index (χ1n) is 10.3. The molecule has 0 saturated heterocycles. The Labute approximate surface area is 193 Å². The van der Waals surface area contributed by atoms with Crippen LogP contribution in [-0.2, 0) is 11.4 Å². The Bertz CT molecular complexity index is 1390. The molecule has 33 heavy (non-hydrogen) atoms. The Kier molecular flexibility index (Phi) is 6.08. The molecule has 0 unspecified atom stereocenters. The van der Waals surface area contributed by atoms with E-state index in [1.807, 2.05) is 79.0 Å². The second-order valence-electron chi connectivity index (χ2n) is 7.26. The molecule has 0 saturated carbocycles. The lowest BCUT2D eigenvalue weighted by molar-refractivity contribution is -0.118. The van der Waals surface area contributed by atoms with Crippen molar-refractivity contribution in [2.75, 3.05) is 5.75 Å². The van der Waals surface area contributed by atoms with Gasteiger partial charge in [-0.05, 0) is 35.9 Å². The third-order valence-electron chi connectivity index (χ3n) is 4.93. The van der Waals surface area contributed by atoms with Crippen molar-refractivity contribution in [3.05, 3.63) is 90.1 Å². The summed E-state index contributed by atoms with van der Waals surface area (Å²) in [4.78, 5) is 19.7. The third kappa shape index (κ3) is 5.07. The van der Waals surface area contributed by atoms with E-state index in [2.05, 4.69) is 20.5 Å². The van der Waals surface area contributed by atoms with Gasteiger partial charge in [-0.25, -0.2) is 10.4 Å². The van der Waals surface area contributed by atoms with Crippen molar-refractivity contribution in [2.45, 2.75) is 11.8 Å². The molecular formula is C25H20N4O3S. The maximum absolute atomic E-state index is 12.2. The van der Waals surface area contributed by atoms with Gasteiger partial charge < -0.3 is 14.1 Å². The lowest BCUT2D eigenvalue weighted by atomic mass is 10.2. The van der Waals surface area contributed by atoms with E-state index in [-0.39, 0.29) is 11.7 Å². The van der Waals surface area contributed by atoms with Crippen LogP contribution in [0.3, 0.4) is 0 Å². The lowest BCUT2D eigenvalue weighted by Gasteiger charge is -2.06. The first-order valence-corrected chi connectivity index (χ1v) is 11.3. The molecule has 0 spiro atoms. The summed E-state index contributed by atoms with van der Waals surface area (Å²) in [5.41, 5.74) is 6.93. The highest BCUT2D eigenvalue weighted by Gasteiger charge is 2.09. The maximum Gasteiger partial charge on any atom is 0.257 e. The van der Waals surface area contributed by atoms with E-state index in [0.29, 0.717) is 17.4 Å². The fraction of sp³-hybridized carbons (Fsp3) is 0.0800. The fourth-order valence-corrected chi connectivity index (χ4v) is 3.94. The van der Waals surface area contributed by atoms with Crippen LogP contribution in [0.4, 0.5) is 0 Å². The van der Waals surface area contributed by atoms with Crippen LogP contribution in [0.25, 0.3) is 22.0 Å². The highest BCUT2D eigenvalue weighted by atomic mass is 32.2. The summed E-state index contributed by atoms with van der Waals surface area (Å²) in [6.07, 6.45) is 3.45. The Morgan fingerprint density at radius 1 is 1.12 bits per heavy atom. The summed E-state index contributed by atoms with van der Waals surface area (Å²) in [5.74, 6) is 0.666. The fourth-order valence-electron chi connectivity index (χ4n) is 3.30. The van der Waals surface area contributed by atoms with Crippen LogP contribution < -0.4 is 10.2 Å². The van der Waals surface area contributed by atoms with Gasteiger partial charge in [-0.15, -0.1) is 0 Å². The number of rotatable bonds is 8. The number of oxazole rings is 1. The predicted octanol–water partition coefficient (Wildman–Crippen LogP) is 5.13. The molecule has 8 heteroatoms. The predicted molar refractivity (Wildman–Crippen MR) is 130 cm³/mol. The molecule has 0 bridgehead atoms. The number of carbonyl (C=O) groups is 1. The Balaban J connectivity index is 1.18. The van der Waals surface area contributed by atoms with Crippen LogP contribution >= 0.6 is 11.8 Å². The number of carbonyl (C=O) groups excluding carboxylic acids is 1. The van der Waals surface area contributed by atoms with Gasteiger partial charge in [0, 0.05) is 22.7 Å². The topological polar surface area (TPSA) is 92.5 Å². The first-order chi connectivity index (χ1) is 16.2. The summed E-state index contributed by atoms with van der Waals surface area (Å²) in [6.45, 7) is 0.494. The van der Waals surface area contributed by atoms with Crippen LogP contribution in [0.5, 0.6) is 5.75 Å². The molecule has 2 heterocycles. The van der Waals surface area contributed by atoms with E-state index in [1.54, 1.807) is 6.21 Å². The average Bonchev–Trinajstić information content (AvgIpc) is 3.45. The molecule has 1 amide bonds. The second kappa shape index (κ2) is 9.62. The van der Waals surface area contributed by atoms with Crippen LogP contribution in [-0.4, -0.2) is 27.8 Å². The van der Waals surface area contributed by atoms with Crippen molar-refractivity contribution in [2.24, 2.45) is 5.10 Å². The third-order valence-corrected chi connectivity index (χ3v) is 5.76. The molecule has 7 nitrogen and oxygen atoms in total. The van der Waals surface area contributed by atoms with E-state index in [0.717, 1.165) is 33.3 Å². The summed E-state index contributed by atoms with van der Waals surface area (Å²) in [5, 5.41) is 5.50. The molecule has 0 aliphatic heterocycles. The monoisotopic (exact) mass is 456 g/mol. The van der Waals surface area contributed by atoms with Crippen LogP contribution in [0.2, 0.25) is 0 Å². The minimum absolute atomic E-state index is 0.148. The standard InChI is InChI=1S/C25H20N4O3S/c30-24(16-33-25-28-22-8-4-5-9-23(22)32-25)29-27-14-18-13-26-21-11-10-19(12-20(18)21)31-15-17-6-2-1-3-7-17/h1-14,26H,15-16H2,(H,29,30)/b27-14+. The van der Waals surface area contributed by atoms with Crippen molar-refractivity contribution in [3.8, 4) is 5.75 Å². The van der Waals surface area contributed by atoms with Gasteiger partial charge in [-0.3, -0.25) is 4.79 Å². The van der Waals surface area contributed by atoms with Crippen molar-refractivity contribution in [3.63, 3.8) is 0 Å². The second-order valence-corrected chi connectivity index (χ2v) is 8.18. The van der Waals surface area contributed by atoms with Gasteiger partial charge in [0.2, 0.25) is 0 Å². The molecule has 0 fully saturated rings. The molecule has 5 rings (SSSR count). The number of fused-ring (bicyclic) bond motifs is 2. The number of hydrogen-bond acceptors (Lipinski definition) is 6. The molecular weight excluding hydrogens is 436 g/mol. The van der Waals surface area contributed by atoms with E-state index in [9.17, 15) is 4.79 Å². The lowest BCUT2D eigenvalue weighted by Crippen LogP contribution is -2.19. The summed E-state index contributed by atoms with van der Waals surface area (Å²) in [6, 6.07) is 23.3. The van der Waals surface area contributed by atoms with Gasteiger partial charge in [0.1, 0.15) is 17.9 Å². The molecule has 0 radical (unpaired) electrons. The zero-order valence-electron chi connectivity index (χ0n) is 17.5. The van der Waals surface area contributed by atoms with Crippen molar-refractivity contribution < 1.29 is 13.9 Å². The molecule has 2 N–H and O–H groups in total. The number of aromatic nitrogens is 2. The maximum atomic E-state index is 12.2. The Hall–Kier alpha value is -4.04. The highest BCUT2D eigenvalue weighted by Crippen LogP contribution is 2.24. The minimum Gasteiger partial charge on any atom is -0.489 e. The van der Waals surface area contributed by atoms with E-state index >= 15 is 0 Å². The van der Waals surface area contributed by atoms with Gasteiger partial charge in [-0.2, -0.15) is 5.10 Å². The van der Waals surface area contributed by atoms with Crippen molar-refractivity contribution in [1.82, 2.24) is 15.4 Å². The molecule has 5 aromatic rings. The number of benzene rings is 3. The van der Waals surface area contributed by atoms with Crippen LogP contribution in [0.15, 0.2) is 93.7 Å². The number of thioether (sulfide) groups is 1. The Morgan fingerprint density at radius 3 is 2.85 bits per heavy atom. The van der Waals surface area contributed by atoms with Crippen LogP contribution in [0.1, 0.15) is 11.1 Å². The van der Waals surface area contributed by atoms with Gasteiger partial charge in [0.25, 0.3) is 11.1 Å². The quantitative estimate of drug-likeness (QED) is 0.192. The summed E-state index contributed by atoms with van der Waals surface area (Å²) < 4.78 is 11.5. The summed E-state index contributed by atoms with van der Waals surface area (Å²) in [7, 11) is 0. The molecule has 164 valence electrons. The zero-order chi connectivity index (χ0) is 22.5. The first kappa shape index (κ1) is 20.8.